The molecule has 2 aromatic carbocycles. The first-order valence-electron chi connectivity index (χ1n) is 9.98. The lowest BCUT2D eigenvalue weighted by atomic mass is 10.0. The molecule has 4 rings (SSSR count). The Balaban J connectivity index is 1.55. The van der Waals surface area contributed by atoms with Gasteiger partial charge in [0.2, 0.25) is 5.91 Å². The van der Waals surface area contributed by atoms with Crippen LogP contribution in [0.3, 0.4) is 0 Å². The number of aromatic nitrogens is 2. The number of fused-ring (bicyclic) bond motifs is 1. The van der Waals surface area contributed by atoms with Crippen molar-refractivity contribution in [2.24, 2.45) is 0 Å². The summed E-state index contributed by atoms with van der Waals surface area (Å²) in [6, 6.07) is 16.7. The van der Waals surface area contributed by atoms with E-state index in [-0.39, 0.29) is 18.2 Å². The molecule has 0 bridgehead atoms. The minimum Gasteiger partial charge on any atom is -0.497 e. The second kappa shape index (κ2) is 8.41. The maximum Gasteiger partial charge on any atom is 0.251 e. The van der Waals surface area contributed by atoms with Crippen LogP contribution in [0.5, 0.6) is 5.75 Å². The summed E-state index contributed by atoms with van der Waals surface area (Å²) >= 11 is 0. The van der Waals surface area contributed by atoms with Gasteiger partial charge in [0.05, 0.1) is 19.2 Å². The Bertz CT molecular complexity index is 1060. The van der Waals surface area contributed by atoms with Gasteiger partial charge in [-0.3, -0.25) is 9.59 Å². The number of aryl methyl sites for hydroxylation is 1. The fourth-order valence-corrected chi connectivity index (χ4v) is 3.67. The molecular formula is C23H24N4O3. The first-order valence-corrected chi connectivity index (χ1v) is 9.98. The number of hydrogen-bond acceptors (Lipinski definition) is 4. The first-order chi connectivity index (χ1) is 14.6. The van der Waals surface area contributed by atoms with Crippen LogP contribution in [0.2, 0.25) is 0 Å². The lowest BCUT2D eigenvalue weighted by Crippen LogP contribution is -2.28. The maximum absolute atomic E-state index is 12.6. The highest BCUT2D eigenvalue weighted by Crippen LogP contribution is 2.39. The van der Waals surface area contributed by atoms with Gasteiger partial charge in [-0.25, -0.2) is 4.68 Å². The van der Waals surface area contributed by atoms with Gasteiger partial charge in [0.1, 0.15) is 17.6 Å². The molecule has 0 saturated heterocycles. The van der Waals surface area contributed by atoms with Crippen molar-refractivity contribution in [3.05, 3.63) is 65.9 Å². The third-order valence-corrected chi connectivity index (χ3v) is 5.25. The molecule has 2 heterocycles. The normalized spacial score (nSPS) is 14.9. The molecule has 1 aliphatic rings. The van der Waals surface area contributed by atoms with E-state index in [1.165, 1.54) is 0 Å². The van der Waals surface area contributed by atoms with Crippen LogP contribution in [0.15, 0.2) is 54.6 Å². The van der Waals surface area contributed by atoms with Crippen LogP contribution in [0.1, 0.15) is 30.6 Å². The fourth-order valence-electron chi connectivity index (χ4n) is 3.67. The Morgan fingerprint density at radius 2 is 1.90 bits per heavy atom. The minimum atomic E-state index is -0.659. The van der Waals surface area contributed by atoms with Crippen molar-refractivity contribution in [1.29, 1.82) is 0 Å². The summed E-state index contributed by atoms with van der Waals surface area (Å²) in [5.74, 6) is 0.997. The predicted octanol–water partition coefficient (Wildman–Crippen LogP) is 3.32. The Labute approximate surface area is 175 Å². The molecule has 1 aromatic heterocycles. The molecule has 154 valence electrons. The van der Waals surface area contributed by atoms with Crippen molar-refractivity contribution in [2.45, 2.75) is 32.4 Å². The van der Waals surface area contributed by atoms with E-state index in [2.05, 4.69) is 15.7 Å². The molecule has 0 fully saturated rings. The molecule has 7 nitrogen and oxygen atoms in total. The van der Waals surface area contributed by atoms with Crippen LogP contribution < -0.4 is 15.4 Å². The van der Waals surface area contributed by atoms with E-state index >= 15 is 0 Å². The zero-order chi connectivity index (χ0) is 21.1. The number of anilines is 1. The number of rotatable bonds is 7. The summed E-state index contributed by atoms with van der Waals surface area (Å²) in [5.41, 5.74) is 3.73. The topological polar surface area (TPSA) is 85.2 Å². The van der Waals surface area contributed by atoms with Crippen LogP contribution in [0, 0.1) is 0 Å². The van der Waals surface area contributed by atoms with Gasteiger partial charge in [-0.2, -0.15) is 5.10 Å². The molecule has 0 aliphatic carbocycles. The Morgan fingerprint density at radius 1 is 1.17 bits per heavy atom. The van der Waals surface area contributed by atoms with Crippen LogP contribution >= 0.6 is 0 Å². The number of carbonyl (C=O) groups is 2. The van der Waals surface area contributed by atoms with E-state index in [1.807, 2.05) is 61.5 Å². The number of nitrogens with one attached hydrogen (secondary N) is 2. The first kappa shape index (κ1) is 19.7. The number of benzene rings is 2. The van der Waals surface area contributed by atoms with E-state index in [9.17, 15) is 9.59 Å². The van der Waals surface area contributed by atoms with Crippen molar-refractivity contribution >= 4 is 17.6 Å². The van der Waals surface area contributed by atoms with E-state index in [4.69, 9.17) is 4.74 Å². The second-order valence-corrected chi connectivity index (χ2v) is 7.17. The third kappa shape index (κ3) is 3.78. The lowest BCUT2D eigenvalue weighted by molar-refractivity contribution is -0.126. The summed E-state index contributed by atoms with van der Waals surface area (Å²) in [6.45, 7) is 2.45. The third-order valence-electron chi connectivity index (χ3n) is 5.25. The quantitative estimate of drug-likeness (QED) is 0.633. The zero-order valence-electron chi connectivity index (χ0n) is 17.0. The maximum atomic E-state index is 12.6. The Kier molecular flexibility index (Phi) is 5.52. The van der Waals surface area contributed by atoms with Gasteiger partial charge in [-0.1, -0.05) is 49.4 Å². The van der Waals surface area contributed by atoms with Crippen molar-refractivity contribution in [2.75, 3.05) is 12.4 Å². The summed E-state index contributed by atoms with van der Waals surface area (Å²) in [6.07, 6.45) is 0.753. The van der Waals surface area contributed by atoms with Gasteiger partial charge in [-0.05, 0) is 29.7 Å². The number of amides is 2. The second-order valence-electron chi connectivity index (χ2n) is 7.17. The van der Waals surface area contributed by atoms with Gasteiger partial charge in [0.25, 0.3) is 5.91 Å². The molecule has 2 N–H and O–H groups in total. The molecule has 0 saturated carbocycles. The Hall–Kier alpha value is -3.61. The number of ether oxygens (including phenoxy) is 1. The summed E-state index contributed by atoms with van der Waals surface area (Å²) in [7, 11) is 1.62. The Morgan fingerprint density at radius 3 is 2.57 bits per heavy atom. The molecule has 0 spiro atoms. The molecule has 7 heteroatoms. The molecular weight excluding hydrogens is 380 g/mol. The fraction of sp³-hybridized carbons (Fsp3) is 0.261. The van der Waals surface area contributed by atoms with E-state index < -0.39 is 6.04 Å². The van der Waals surface area contributed by atoms with Gasteiger partial charge in [0.15, 0.2) is 0 Å². The molecule has 0 radical (unpaired) electrons. The van der Waals surface area contributed by atoms with Crippen LogP contribution in [-0.4, -0.2) is 28.7 Å². The molecule has 2 amide bonds. The highest BCUT2D eigenvalue weighted by atomic mass is 16.5. The molecule has 1 unspecified atom stereocenters. The molecule has 1 atom stereocenters. The highest BCUT2D eigenvalue weighted by Gasteiger charge is 2.36. The summed E-state index contributed by atoms with van der Waals surface area (Å²) in [4.78, 5) is 25.1. The SMILES string of the molecule is CCc1nn2c(c1-c1ccc(OC)cc1)NC(=O)C2CC(=O)NCc1ccccc1. The zero-order valence-corrected chi connectivity index (χ0v) is 17.0. The van der Waals surface area contributed by atoms with E-state index in [1.54, 1.807) is 11.8 Å². The standard InChI is InChI=1S/C23H24N4O3/c1-3-18-21(16-9-11-17(30-2)12-10-16)22-25-23(29)19(27(22)26-18)13-20(28)24-14-15-7-5-4-6-8-15/h4-12,19H,3,13-14H2,1-2H3,(H,24,28)(H,25,29). The molecule has 3 aromatic rings. The summed E-state index contributed by atoms with van der Waals surface area (Å²) < 4.78 is 6.89. The monoisotopic (exact) mass is 404 g/mol. The number of nitrogens with zero attached hydrogens (tertiary/aromatic N) is 2. The minimum absolute atomic E-state index is 0.0402. The number of hydrogen-bond donors (Lipinski definition) is 2. The van der Waals surface area contributed by atoms with Crippen molar-refractivity contribution in [1.82, 2.24) is 15.1 Å². The number of carbonyl (C=O) groups excluding carboxylic acids is 2. The van der Waals surface area contributed by atoms with Crippen molar-refractivity contribution in [3.63, 3.8) is 0 Å². The van der Waals surface area contributed by atoms with Gasteiger partial charge < -0.3 is 15.4 Å². The lowest BCUT2D eigenvalue weighted by Gasteiger charge is -2.10. The number of methoxy groups -OCH3 is 1. The smallest absolute Gasteiger partial charge is 0.251 e. The van der Waals surface area contributed by atoms with Crippen LogP contribution in [-0.2, 0) is 22.6 Å². The van der Waals surface area contributed by atoms with E-state index in [0.717, 1.165) is 28.1 Å². The average molecular weight is 404 g/mol. The predicted molar refractivity (Wildman–Crippen MR) is 114 cm³/mol. The molecule has 1 aliphatic heterocycles. The van der Waals surface area contributed by atoms with Crippen LogP contribution in [0.25, 0.3) is 11.1 Å². The summed E-state index contributed by atoms with van der Waals surface area (Å²) in [5, 5.41) is 10.5. The largest absolute Gasteiger partial charge is 0.497 e. The van der Waals surface area contributed by atoms with Gasteiger partial charge in [-0.15, -0.1) is 0 Å². The van der Waals surface area contributed by atoms with Gasteiger partial charge >= 0.3 is 0 Å². The highest BCUT2D eigenvalue weighted by molar-refractivity contribution is 6.03. The van der Waals surface area contributed by atoms with Crippen LogP contribution in [0.4, 0.5) is 5.82 Å². The average Bonchev–Trinajstić information content (AvgIpc) is 3.28. The van der Waals surface area contributed by atoms with Crippen molar-refractivity contribution in [3.8, 4) is 16.9 Å². The molecule has 30 heavy (non-hydrogen) atoms. The van der Waals surface area contributed by atoms with E-state index in [0.29, 0.717) is 18.8 Å². The van der Waals surface area contributed by atoms with Gasteiger partial charge in [0, 0.05) is 12.1 Å². The van der Waals surface area contributed by atoms with Crippen molar-refractivity contribution < 1.29 is 14.3 Å².